The second-order valence-corrected chi connectivity index (χ2v) is 3.61. The molecule has 0 aliphatic heterocycles. The molecule has 0 bridgehead atoms. The summed E-state index contributed by atoms with van der Waals surface area (Å²) in [4.78, 5) is 0. The summed E-state index contributed by atoms with van der Waals surface area (Å²) >= 11 is 8.49. The average molecular weight is 216 g/mol. The van der Waals surface area contributed by atoms with Gasteiger partial charge in [-0.1, -0.05) is 45.2 Å². The maximum absolute atomic E-state index is 5.02. The van der Waals surface area contributed by atoms with Gasteiger partial charge < -0.3 is 6.16 Å². The number of unbranched alkanes of at least 4 members (excludes halogenated alkanes) is 4. The van der Waals surface area contributed by atoms with Crippen molar-refractivity contribution >= 4 is 29.2 Å². The van der Waals surface area contributed by atoms with Crippen molar-refractivity contribution < 1.29 is 35.7 Å². The van der Waals surface area contributed by atoms with E-state index in [4.69, 9.17) is 4.74 Å². The fraction of sp³-hybridized carbons (Fsp3) is 0.875. The summed E-state index contributed by atoms with van der Waals surface area (Å²) in [6.45, 7) is 2.94. The quantitative estimate of drug-likeness (QED) is 0.296. The zero-order valence-electron chi connectivity index (χ0n) is 9.01. The van der Waals surface area contributed by atoms with Crippen LogP contribution in [0, 0.1) is 0 Å². The van der Waals surface area contributed by atoms with Crippen molar-refractivity contribution in [2.45, 2.75) is 39.0 Å². The topological polar surface area (TPSA) is 9.23 Å². The van der Waals surface area contributed by atoms with Gasteiger partial charge in [-0.25, -0.2) is 0 Å². The molecule has 0 aromatic heterocycles. The van der Waals surface area contributed by atoms with Crippen LogP contribution in [0.25, 0.3) is 0 Å². The summed E-state index contributed by atoms with van der Waals surface area (Å²) in [5, 5.41) is 0. The van der Waals surface area contributed by atoms with Gasteiger partial charge in [0.2, 0.25) is 4.38 Å². The van der Waals surface area contributed by atoms with Crippen molar-refractivity contribution in [1.82, 2.24) is 0 Å². The second kappa shape index (κ2) is 12.2. The van der Waals surface area contributed by atoms with Crippen LogP contribution in [0.4, 0.5) is 0 Å². The molecule has 0 saturated carbocycles. The summed E-state index contributed by atoms with van der Waals surface area (Å²) < 4.78 is 5.38. The van der Waals surface area contributed by atoms with Gasteiger partial charge >= 0.3 is 29.6 Å². The van der Waals surface area contributed by atoms with Gasteiger partial charge in [0, 0.05) is 0 Å². The first-order valence-corrected chi connectivity index (χ1v) is 4.98. The van der Waals surface area contributed by atoms with E-state index in [-0.39, 0.29) is 31.0 Å². The third kappa shape index (κ3) is 13.8. The van der Waals surface area contributed by atoms with Crippen LogP contribution in [0.1, 0.15) is 40.5 Å². The van der Waals surface area contributed by atoms with E-state index < -0.39 is 0 Å². The molecule has 0 N–H and O–H groups in total. The van der Waals surface area contributed by atoms with Crippen molar-refractivity contribution in [3.63, 3.8) is 0 Å². The van der Waals surface area contributed by atoms with Gasteiger partial charge in [0.05, 0.1) is 6.61 Å². The van der Waals surface area contributed by atoms with E-state index in [1.165, 1.54) is 25.7 Å². The van der Waals surface area contributed by atoms with Crippen LogP contribution in [0.15, 0.2) is 0 Å². The van der Waals surface area contributed by atoms with Crippen molar-refractivity contribution in [2.75, 3.05) is 6.61 Å². The Labute approximate surface area is 110 Å². The molecule has 0 unspecified atom stereocenters. The van der Waals surface area contributed by atoms with Gasteiger partial charge in [0.1, 0.15) is 0 Å². The van der Waals surface area contributed by atoms with E-state index in [2.05, 4.69) is 31.8 Å². The van der Waals surface area contributed by atoms with Crippen LogP contribution in [-0.2, 0) is 4.74 Å². The molecule has 0 aromatic carbocycles. The zero-order chi connectivity index (χ0) is 8.53. The number of hydrogen-bond donors (Lipinski definition) is 1. The predicted molar refractivity (Wildman–Crippen MR) is 57.4 cm³/mol. The molecule has 0 atom stereocenters. The van der Waals surface area contributed by atoms with Gasteiger partial charge in [0.15, 0.2) is 0 Å². The third-order valence-electron chi connectivity index (χ3n) is 1.47. The Morgan fingerprint density at radius 2 is 1.92 bits per heavy atom. The van der Waals surface area contributed by atoms with Gasteiger partial charge in [0.25, 0.3) is 0 Å². The maximum Gasteiger partial charge on any atom is 1.00 e. The van der Waals surface area contributed by atoms with Crippen LogP contribution in [0.2, 0.25) is 0 Å². The summed E-state index contributed by atoms with van der Waals surface area (Å²) in [5.74, 6) is 0. The first-order chi connectivity index (χ1) is 5.27. The Morgan fingerprint density at radius 1 is 1.33 bits per heavy atom. The van der Waals surface area contributed by atoms with E-state index >= 15 is 0 Å². The molecule has 0 spiro atoms. The summed E-state index contributed by atoms with van der Waals surface area (Å²) in [6.07, 6.45) is 6.25. The van der Waals surface area contributed by atoms with Crippen molar-refractivity contribution in [3.8, 4) is 0 Å². The number of rotatable bonds is 6. The van der Waals surface area contributed by atoms with Crippen molar-refractivity contribution in [3.05, 3.63) is 0 Å². The standard InChI is InChI=1S/C8H16OS2.Na.H/c1-2-3-4-5-6-7-9-8(10)11;;/h2-7H2,1H3,(H,10,11);;/q;+1;-1. The molecule has 1 nitrogen and oxygen atoms in total. The Balaban J connectivity index is -0.000000500. The smallest absolute Gasteiger partial charge is 1.00 e. The molecule has 0 radical (unpaired) electrons. The van der Waals surface area contributed by atoms with Gasteiger partial charge in [-0.2, -0.15) is 0 Å². The molecule has 0 fully saturated rings. The molecule has 4 heteroatoms. The summed E-state index contributed by atoms with van der Waals surface area (Å²) in [6, 6.07) is 0. The Morgan fingerprint density at radius 3 is 2.42 bits per heavy atom. The zero-order valence-corrected chi connectivity index (χ0v) is 11.7. The van der Waals surface area contributed by atoms with E-state index in [1.807, 2.05) is 0 Å². The Kier molecular flexibility index (Phi) is 16.0. The Hall–Kier alpha value is 1.24. The first kappa shape index (κ1) is 15.7. The molecular formula is C8H17NaOS2. The van der Waals surface area contributed by atoms with E-state index in [0.717, 1.165) is 13.0 Å². The molecule has 0 aliphatic rings. The van der Waals surface area contributed by atoms with E-state index in [0.29, 0.717) is 4.38 Å². The van der Waals surface area contributed by atoms with Gasteiger partial charge in [-0.05, 0) is 18.6 Å². The fourth-order valence-corrected chi connectivity index (χ4v) is 1.04. The van der Waals surface area contributed by atoms with E-state index in [1.54, 1.807) is 0 Å². The van der Waals surface area contributed by atoms with Crippen LogP contribution in [-0.4, -0.2) is 11.0 Å². The van der Waals surface area contributed by atoms with Gasteiger partial charge in [-0.15, -0.1) is 0 Å². The summed E-state index contributed by atoms with van der Waals surface area (Å²) in [5.41, 5.74) is 0. The largest absolute Gasteiger partial charge is 1.00 e. The van der Waals surface area contributed by atoms with Crippen LogP contribution in [0.3, 0.4) is 0 Å². The van der Waals surface area contributed by atoms with Crippen LogP contribution < -0.4 is 29.6 Å². The molecule has 0 heterocycles. The number of hydrogen-bond acceptors (Lipinski definition) is 2. The summed E-state index contributed by atoms with van der Waals surface area (Å²) in [7, 11) is 0. The minimum atomic E-state index is 0. The first-order valence-electron chi connectivity index (χ1n) is 4.13. The van der Waals surface area contributed by atoms with Crippen LogP contribution in [0.5, 0.6) is 0 Å². The second-order valence-electron chi connectivity index (χ2n) is 2.53. The average Bonchev–Trinajstić information content (AvgIpc) is 1.96. The molecule has 12 heavy (non-hydrogen) atoms. The number of thiol groups is 1. The normalized spacial score (nSPS) is 8.83. The SMILES string of the molecule is CCCCCCCOC(=S)S.[H-].[Na+]. The van der Waals surface area contributed by atoms with Crippen molar-refractivity contribution in [1.29, 1.82) is 0 Å². The monoisotopic (exact) mass is 216 g/mol. The molecule has 0 rings (SSSR count). The molecule has 0 aromatic rings. The molecule has 0 aliphatic carbocycles. The van der Waals surface area contributed by atoms with Gasteiger partial charge in [-0.3, -0.25) is 0 Å². The maximum atomic E-state index is 5.02. The minimum Gasteiger partial charge on any atom is -1.00 e. The third-order valence-corrected chi connectivity index (χ3v) is 1.72. The molecule has 68 valence electrons. The predicted octanol–water partition coefficient (Wildman–Crippen LogP) is 0.305. The van der Waals surface area contributed by atoms with E-state index in [9.17, 15) is 0 Å². The fourth-order valence-electron chi connectivity index (χ4n) is 0.865. The molecule has 0 amide bonds. The molecule has 0 saturated heterocycles. The van der Waals surface area contributed by atoms with Crippen molar-refractivity contribution in [2.24, 2.45) is 0 Å². The minimum absolute atomic E-state index is 0. The Bertz CT molecular complexity index is 114. The number of ether oxygens (including phenoxy) is 1. The molecular weight excluding hydrogens is 199 g/mol. The van der Waals surface area contributed by atoms with Crippen LogP contribution >= 0.6 is 24.8 Å². The number of thiocarbonyl (C=S) groups is 1.